The number of carbonyl (C=O) groups excluding carboxylic acids is 2. The van der Waals surface area contributed by atoms with Gasteiger partial charge in [-0.1, -0.05) is 18.9 Å². The van der Waals surface area contributed by atoms with E-state index in [1.54, 1.807) is 26.4 Å². The highest BCUT2D eigenvalue weighted by Crippen LogP contribution is 2.27. The van der Waals surface area contributed by atoms with Crippen molar-refractivity contribution in [3.05, 3.63) is 23.8 Å². The number of rotatable bonds is 6. The molecule has 0 spiro atoms. The van der Waals surface area contributed by atoms with Crippen LogP contribution in [0, 0.1) is 0 Å². The number of ether oxygens (including phenoxy) is 2. The second-order valence-corrected chi connectivity index (χ2v) is 5.94. The highest BCUT2D eigenvalue weighted by Gasteiger charge is 2.16. The molecule has 0 atom stereocenters. The van der Waals surface area contributed by atoms with Gasteiger partial charge in [0, 0.05) is 13.1 Å². The summed E-state index contributed by atoms with van der Waals surface area (Å²) in [5.41, 5.74) is 0.812. The van der Waals surface area contributed by atoms with Gasteiger partial charge in [0.15, 0.2) is 11.5 Å². The normalized spacial score (nSPS) is 14.7. The summed E-state index contributed by atoms with van der Waals surface area (Å²) >= 11 is 0. The van der Waals surface area contributed by atoms with Crippen molar-refractivity contribution in [2.24, 2.45) is 0 Å². The average Bonchev–Trinajstić information content (AvgIpc) is 2.89. The van der Waals surface area contributed by atoms with Gasteiger partial charge >= 0.3 is 0 Å². The predicted molar refractivity (Wildman–Crippen MR) is 91.3 cm³/mol. The van der Waals surface area contributed by atoms with E-state index in [-0.39, 0.29) is 24.8 Å². The van der Waals surface area contributed by atoms with Crippen LogP contribution >= 0.6 is 0 Å². The van der Waals surface area contributed by atoms with Crippen molar-refractivity contribution >= 4 is 11.8 Å². The maximum atomic E-state index is 12.2. The summed E-state index contributed by atoms with van der Waals surface area (Å²) < 4.78 is 10.4. The van der Waals surface area contributed by atoms with Crippen molar-refractivity contribution in [3.63, 3.8) is 0 Å². The zero-order valence-corrected chi connectivity index (χ0v) is 14.5. The second-order valence-electron chi connectivity index (χ2n) is 5.94. The molecule has 1 aromatic rings. The topological polar surface area (TPSA) is 67.9 Å². The van der Waals surface area contributed by atoms with Crippen molar-refractivity contribution in [2.75, 3.05) is 33.9 Å². The highest BCUT2D eigenvalue weighted by atomic mass is 16.5. The van der Waals surface area contributed by atoms with Gasteiger partial charge in [-0.25, -0.2) is 0 Å². The van der Waals surface area contributed by atoms with Gasteiger partial charge in [-0.15, -0.1) is 0 Å². The molecule has 0 saturated carbocycles. The van der Waals surface area contributed by atoms with Gasteiger partial charge in [-0.05, 0) is 30.5 Å². The SMILES string of the molecule is COc1ccc(CC(=O)NCC(=O)N2CCCCCC2)cc1OC. The first-order valence-electron chi connectivity index (χ1n) is 8.39. The first-order valence-corrected chi connectivity index (χ1v) is 8.39. The lowest BCUT2D eigenvalue weighted by Gasteiger charge is -2.20. The van der Waals surface area contributed by atoms with E-state index in [2.05, 4.69) is 5.32 Å². The highest BCUT2D eigenvalue weighted by molar-refractivity contribution is 5.85. The van der Waals surface area contributed by atoms with Crippen LogP contribution in [0.25, 0.3) is 0 Å². The molecule has 24 heavy (non-hydrogen) atoms. The lowest BCUT2D eigenvalue weighted by Crippen LogP contribution is -2.41. The zero-order chi connectivity index (χ0) is 17.4. The lowest BCUT2D eigenvalue weighted by atomic mass is 10.1. The van der Waals surface area contributed by atoms with Gasteiger partial charge < -0.3 is 19.7 Å². The van der Waals surface area contributed by atoms with Crippen molar-refractivity contribution in [2.45, 2.75) is 32.1 Å². The number of nitrogens with one attached hydrogen (secondary N) is 1. The van der Waals surface area contributed by atoms with Crippen molar-refractivity contribution in [1.29, 1.82) is 0 Å². The average molecular weight is 334 g/mol. The number of carbonyl (C=O) groups is 2. The predicted octanol–water partition coefficient (Wildman–Crippen LogP) is 1.77. The van der Waals surface area contributed by atoms with Crippen LogP contribution in [0.2, 0.25) is 0 Å². The standard InChI is InChI=1S/C18H26N2O4/c1-23-15-8-7-14(11-16(15)24-2)12-17(21)19-13-18(22)20-9-5-3-4-6-10-20/h7-8,11H,3-6,9-10,12-13H2,1-2H3,(H,19,21). The van der Waals surface area contributed by atoms with Crippen LogP contribution in [0.15, 0.2) is 18.2 Å². The summed E-state index contributed by atoms with van der Waals surface area (Å²) in [6, 6.07) is 5.36. The Morgan fingerprint density at radius 2 is 1.71 bits per heavy atom. The van der Waals surface area contributed by atoms with E-state index in [0.29, 0.717) is 11.5 Å². The Morgan fingerprint density at radius 1 is 1.04 bits per heavy atom. The van der Waals surface area contributed by atoms with Crippen LogP contribution in [0.5, 0.6) is 11.5 Å². The van der Waals surface area contributed by atoms with Crippen molar-refractivity contribution in [3.8, 4) is 11.5 Å². The number of hydrogen-bond acceptors (Lipinski definition) is 4. The summed E-state index contributed by atoms with van der Waals surface area (Å²) in [7, 11) is 3.13. The molecule has 0 unspecified atom stereocenters. The van der Waals surface area contributed by atoms with Crippen LogP contribution < -0.4 is 14.8 Å². The molecule has 1 saturated heterocycles. The molecule has 6 heteroatoms. The van der Waals surface area contributed by atoms with Crippen LogP contribution in [0.1, 0.15) is 31.2 Å². The Labute approximate surface area is 143 Å². The van der Waals surface area contributed by atoms with E-state index in [0.717, 1.165) is 31.5 Å². The van der Waals surface area contributed by atoms with E-state index in [1.807, 2.05) is 11.0 Å². The van der Waals surface area contributed by atoms with Crippen LogP contribution in [-0.4, -0.2) is 50.6 Å². The fourth-order valence-corrected chi connectivity index (χ4v) is 2.84. The van der Waals surface area contributed by atoms with E-state index < -0.39 is 0 Å². The minimum atomic E-state index is -0.176. The quantitative estimate of drug-likeness (QED) is 0.861. The smallest absolute Gasteiger partial charge is 0.241 e. The van der Waals surface area contributed by atoms with E-state index in [1.165, 1.54) is 12.8 Å². The molecule has 1 aliphatic rings. The van der Waals surface area contributed by atoms with Gasteiger partial charge in [-0.3, -0.25) is 9.59 Å². The lowest BCUT2D eigenvalue weighted by molar-refractivity contribution is -0.132. The first-order chi connectivity index (χ1) is 11.6. The van der Waals surface area contributed by atoms with Gasteiger partial charge in [0.1, 0.15) is 0 Å². The summed E-state index contributed by atoms with van der Waals surface area (Å²) in [4.78, 5) is 26.1. The van der Waals surface area contributed by atoms with Crippen LogP contribution in [-0.2, 0) is 16.0 Å². The molecule has 1 aromatic carbocycles. The molecular formula is C18H26N2O4. The number of nitrogens with zero attached hydrogens (tertiary/aromatic N) is 1. The molecular weight excluding hydrogens is 308 g/mol. The van der Waals surface area contributed by atoms with Gasteiger partial charge in [0.2, 0.25) is 11.8 Å². The third-order valence-corrected chi connectivity index (χ3v) is 4.21. The van der Waals surface area contributed by atoms with E-state index in [9.17, 15) is 9.59 Å². The Hall–Kier alpha value is -2.24. The Bertz CT molecular complexity index is 566. The Kier molecular flexibility index (Phi) is 6.90. The molecule has 1 aliphatic heterocycles. The molecule has 6 nitrogen and oxygen atoms in total. The molecule has 1 N–H and O–H groups in total. The second kappa shape index (κ2) is 9.15. The summed E-state index contributed by atoms with van der Waals surface area (Å²) in [5, 5.41) is 2.71. The van der Waals surface area contributed by atoms with Crippen molar-refractivity contribution in [1.82, 2.24) is 10.2 Å². The number of methoxy groups -OCH3 is 2. The summed E-state index contributed by atoms with van der Waals surface area (Å²) in [5.74, 6) is 1.03. The Balaban J connectivity index is 1.83. The van der Waals surface area contributed by atoms with Crippen LogP contribution in [0.3, 0.4) is 0 Å². The maximum Gasteiger partial charge on any atom is 0.241 e. The minimum Gasteiger partial charge on any atom is -0.493 e. The first kappa shape index (κ1) is 18.1. The maximum absolute atomic E-state index is 12.2. The van der Waals surface area contributed by atoms with Gasteiger partial charge in [0.25, 0.3) is 0 Å². The molecule has 1 fully saturated rings. The molecule has 0 radical (unpaired) electrons. The molecule has 2 amide bonds. The minimum absolute atomic E-state index is 0.00226. The largest absolute Gasteiger partial charge is 0.493 e. The molecule has 0 aromatic heterocycles. The molecule has 0 bridgehead atoms. The molecule has 132 valence electrons. The molecule has 0 aliphatic carbocycles. The monoisotopic (exact) mass is 334 g/mol. The van der Waals surface area contributed by atoms with Crippen LogP contribution in [0.4, 0.5) is 0 Å². The molecule has 2 rings (SSSR count). The number of amides is 2. The number of benzene rings is 1. The third-order valence-electron chi connectivity index (χ3n) is 4.21. The number of hydrogen-bond donors (Lipinski definition) is 1. The fourth-order valence-electron chi connectivity index (χ4n) is 2.84. The van der Waals surface area contributed by atoms with Gasteiger partial charge in [-0.2, -0.15) is 0 Å². The zero-order valence-electron chi connectivity index (χ0n) is 14.5. The fraction of sp³-hybridized carbons (Fsp3) is 0.556. The summed E-state index contributed by atoms with van der Waals surface area (Å²) in [6.07, 6.45) is 4.65. The van der Waals surface area contributed by atoms with Gasteiger partial charge in [0.05, 0.1) is 27.2 Å². The third kappa shape index (κ3) is 5.15. The molecule has 1 heterocycles. The van der Waals surface area contributed by atoms with E-state index in [4.69, 9.17) is 9.47 Å². The van der Waals surface area contributed by atoms with E-state index >= 15 is 0 Å². The Morgan fingerprint density at radius 3 is 2.33 bits per heavy atom. The van der Waals surface area contributed by atoms with Crippen molar-refractivity contribution < 1.29 is 19.1 Å². The summed E-state index contributed by atoms with van der Waals surface area (Å²) in [6.45, 7) is 1.65. The number of likely N-dealkylation sites (tertiary alicyclic amines) is 1.